The standard InChI is InChI=1S/C7H7NO4/c1-5-2-3-7(12-5)6(9)4-8(10)11/h2-3H,4H2,1H3. The van der Waals surface area contributed by atoms with Crippen molar-refractivity contribution in [1.29, 1.82) is 0 Å². The molecule has 0 aliphatic rings. The van der Waals surface area contributed by atoms with E-state index in [4.69, 9.17) is 4.42 Å². The average Bonchev–Trinajstić information content (AvgIpc) is 2.34. The van der Waals surface area contributed by atoms with Crippen LogP contribution in [-0.2, 0) is 0 Å². The van der Waals surface area contributed by atoms with Crippen LogP contribution in [0.15, 0.2) is 16.5 Å². The van der Waals surface area contributed by atoms with Crippen molar-refractivity contribution in [2.75, 3.05) is 6.54 Å². The SMILES string of the molecule is Cc1ccc(C(=O)C[N+](=O)[O-])o1. The number of aryl methyl sites for hydroxylation is 1. The maximum Gasteiger partial charge on any atom is 0.269 e. The number of carbonyl (C=O) groups excluding carboxylic acids is 1. The zero-order valence-electron chi connectivity index (χ0n) is 6.44. The quantitative estimate of drug-likeness (QED) is 0.385. The fourth-order valence-electron chi connectivity index (χ4n) is 0.780. The van der Waals surface area contributed by atoms with Gasteiger partial charge in [-0.15, -0.1) is 0 Å². The molecule has 0 saturated heterocycles. The number of hydrogen-bond acceptors (Lipinski definition) is 4. The van der Waals surface area contributed by atoms with Crippen LogP contribution in [0, 0.1) is 17.0 Å². The maximum atomic E-state index is 10.9. The summed E-state index contributed by atoms with van der Waals surface area (Å²) in [6.07, 6.45) is 0. The first-order chi connectivity index (χ1) is 5.59. The molecule has 12 heavy (non-hydrogen) atoms. The molecule has 1 heterocycles. The first-order valence-corrected chi connectivity index (χ1v) is 3.31. The molecule has 0 aromatic carbocycles. The van der Waals surface area contributed by atoms with Crippen LogP contribution in [0.3, 0.4) is 0 Å². The van der Waals surface area contributed by atoms with Gasteiger partial charge in [-0.3, -0.25) is 14.9 Å². The summed E-state index contributed by atoms with van der Waals surface area (Å²) in [5.41, 5.74) is 0. The van der Waals surface area contributed by atoms with Gasteiger partial charge >= 0.3 is 0 Å². The van der Waals surface area contributed by atoms with Gasteiger partial charge in [0.25, 0.3) is 12.3 Å². The molecule has 0 fully saturated rings. The van der Waals surface area contributed by atoms with E-state index in [0.29, 0.717) is 5.76 Å². The summed E-state index contributed by atoms with van der Waals surface area (Å²) in [5, 5.41) is 9.93. The molecule has 5 nitrogen and oxygen atoms in total. The van der Waals surface area contributed by atoms with Crippen molar-refractivity contribution in [1.82, 2.24) is 0 Å². The van der Waals surface area contributed by atoms with E-state index < -0.39 is 17.3 Å². The molecule has 1 aromatic rings. The predicted molar refractivity (Wildman–Crippen MR) is 39.6 cm³/mol. The molecule has 1 aromatic heterocycles. The third-order valence-corrected chi connectivity index (χ3v) is 1.29. The van der Waals surface area contributed by atoms with Gasteiger partial charge in [-0.1, -0.05) is 0 Å². The summed E-state index contributed by atoms with van der Waals surface area (Å²) >= 11 is 0. The van der Waals surface area contributed by atoms with E-state index in [1.54, 1.807) is 13.0 Å². The fraction of sp³-hybridized carbons (Fsp3) is 0.286. The van der Waals surface area contributed by atoms with E-state index in [9.17, 15) is 14.9 Å². The monoisotopic (exact) mass is 169 g/mol. The highest BCUT2D eigenvalue weighted by Gasteiger charge is 2.15. The molecule has 0 aliphatic carbocycles. The minimum Gasteiger partial charge on any atom is -0.458 e. The van der Waals surface area contributed by atoms with Crippen LogP contribution in [0.4, 0.5) is 0 Å². The van der Waals surface area contributed by atoms with E-state index in [0.717, 1.165) is 0 Å². The summed E-state index contributed by atoms with van der Waals surface area (Å²) in [4.78, 5) is 20.2. The Hall–Kier alpha value is -1.65. The summed E-state index contributed by atoms with van der Waals surface area (Å²) < 4.78 is 4.89. The van der Waals surface area contributed by atoms with Crippen molar-refractivity contribution in [3.63, 3.8) is 0 Å². The predicted octanol–water partition coefficient (Wildman–Crippen LogP) is 1.05. The van der Waals surface area contributed by atoms with E-state index in [1.807, 2.05) is 0 Å². The zero-order chi connectivity index (χ0) is 9.14. The van der Waals surface area contributed by atoms with Crippen molar-refractivity contribution in [3.8, 4) is 0 Å². The molecule has 0 atom stereocenters. The van der Waals surface area contributed by atoms with Gasteiger partial charge in [0, 0.05) is 4.92 Å². The number of rotatable bonds is 3. The largest absolute Gasteiger partial charge is 0.458 e. The molecule has 5 heteroatoms. The van der Waals surface area contributed by atoms with Gasteiger partial charge in [0.05, 0.1) is 0 Å². The van der Waals surface area contributed by atoms with Crippen LogP contribution in [-0.4, -0.2) is 17.3 Å². The Kier molecular flexibility index (Phi) is 2.23. The van der Waals surface area contributed by atoms with Gasteiger partial charge in [-0.25, -0.2) is 0 Å². The molecule has 0 saturated carbocycles. The van der Waals surface area contributed by atoms with Gasteiger partial charge in [-0.05, 0) is 19.1 Å². The van der Waals surface area contributed by atoms with Crippen LogP contribution in [0.25, 0.3) is 0 Å². The third-order valence-electron chi connectivity index (χ3n) is 1.29. The number of nitrogens with zero attached hydrogens (tertiary/aromatic N) is 1. The Labute approximate surface area is 68.1 Å². The minimum atomic E-state index is -0.715. The molecule has 64 valence electrons. The van der Waals surface area contributed by atoms with Gasteiger partial charge in [0.2, 0.25) is 0 Å². The number of nitro groups is 1. The maximum absolute atomic E-state index is 10.9. The number of Topliss-reactive ketones (excluding diaryl/α,β-unsaturated/α-hetero) is 1. The van der Waals surface area contributed by atoms with Gasteiger partial charge < -0.3 is 4.42 Å². The number of ketones is 1. The zero-order valence-corrected chi connectivity index (χ0v) is 6.44. The second-order valence-corrected chi connectivity index (χ2v) is 2.32. The smallest absolute Gasteiger partial charge is 0.269 e. The van der Waals surface area contributed by atoms with Gasteiger partial charge in [0.1, 0.15) is 5.76 Å². The van der Waals surface area contributed by atoms with Crippen molar-refractivity contribution in [2.45, 2.75) is 6.92 Å². The normalized spacial score (nSPS) is 9.75. The summed E-state index contributed by atoms with van der Waals surface area (Å²) in [6, 6.07) is 3.02. The molecule has 0 aliphatic heterocycles. The van der Waals surface area contributed by atoms with Crippen LogP contribution in [0.5, 0.6) is 0 Å². The van der Waals surface area contributed by atoms with Crippen molar-refractivity contribution >= 4 is 5.78 Å². The first-order valence-electron chi connectivity index (χ1n) is 3.31. The van der Waals surface area contributed by atoms with Crippen molar-refractivity contribution in [3.05, 3.63) is 33.8 Å². The highest BCUT2D eigenvalue weighted by molar-refractivity contribution is 5.94. The van der Waals surface area contributed by atoms with Crippen LogP contribution in [0.2, 0.25) is 0 Å². The summed E-state index contributed by atoms with van der Waals surface area (Å²) in [5.74, 6) is 0.0130. The average molecular weight is 169 g/mol. The lowest BCUT2D eigenvalue weighted by Gasteiger charge is -1.89. The Morgan fingerprint density at radius 2 is 2.33 bits per heavy atom. The number of carbonyl (C=O) groups is 1. The molecule has 1 rings (SSSR count). The van der Waals surface area contributed by atoms with E-state index in [2.05, 4.69) is 0 Å². The van der Waals surface area contributed by atoms with Crippen molar-refractivity contribution in [2.24, 2.45) is 0 Å². The molecule has 0 unspecified atom stereocenters. The number of hydrogen-bond donors (Lipinski definition) is 0. The Bertz CT molecular complexity index is 315. The minimum absolute atomic E-state index is 0.0456. The lowest BCUT2D eigenvalue weighted by Crippen LogP contribution is -2.12. The first kappa shape index (κ1) is 8.45. The molecule has 0 bridgehead atoms. The topological polar surface area (TPSA) is 73.3 Å². The number of furan rings is 1. The van der Waals surface area contributed by atoms with Crippen LogP contribution < -0.4 is 0 Å². The van der Waals surface area contributed by atoms with E-state index >= 15 is 0 Å². The molecule has 0 N–H and O–H groups in total. The summed E-state index contributed by atoms with van der Waals surface area (Å²) in [6.45, 7) is 0.954. The highest BCUT2D eigenvalue weighted by Crippen LogP contribution is 2.06. The molecule has 0 radical (unpaired) electrons. The lowest BCUT2D eigenvalue weighted by atomic mass is 10.3. The second kappa shape index (κ2) is 3.17. The summed E-state index contributed by atoms with van der Waals surface area (Å²) in [7, 11) is 0. The van der Waals surface area contributed by atoms with Gasteiger partial charge in [0.15, 0.2) is 5.76 Å². The van der Waals surface area contributed by atoms with E-state index in [1.165, 1.54) is 6.07 Å². The van der Waals surface area contributed by atoms with E-state index in [-0.39, 0.29) is 5.76 Å². The van der Waals surface area contributed by atoms with Gasteiger partial charge in [-0.2, -0.15) is 0 Å². The molecular formula is C7H7NO4. The third kappa shape index (κ3) is 1.91. The second-order valence-electron chi connectivity index (χ2n) is 2.32. The molecule has 0 amide bonds. The highest BCUT2D eigenvalue weighted by atomic mass is 16.6. The Morgan fingerprint density at radius 3 is 2.75 bits per heavy atom. The Balaban J connectivity index is 2.72. The van der Waals surface area contributed by atoms with Crippen LogP contribution in [0.1, 0.15) is 16.3 Å². The lowest BCUT2D eigenvalue weighted by molar-refractivity contribution is -0.465. The van der Waals surface area contributed by atoms with Crippen LogP contribution >= 0.6 is 0 Å². The van der Waals surface area contributed by atoms with Crippen molar-refractivity contribution < 1.29 is 14.1 Å². The molecule has 0 spiro atoms. The molecular weight excluding hydrogens is 162 g/mol. The fourth-order valence-corrected chi connectivity index (χ4v) is 0.780. The Morgan fingerprint density at radius 1 is 1.67 bits per heavy atom.